The second-order valence-corrected chi connectivity index (χ2v) is 5.57. The summed E-state index contributed by atoms with van der Waals surface area (Å²) in [5, 5.41) is 0.683. The van der Waals surface area contributed by atoms with E-state index in [9.17, 15) is 0 Å². The van der Waals surface area contributed by atoms with Gasteiger partial charge in [-0.3, -0.25) is 0 Å². The Balaban J connectivity index is 2.05. The van der Waals surface area contributed by atoms with Crippen molar-refractivity contribution in [3.05, 3.63) is 46.9 Å². The van der Waals surface area contributed by atoms with Crippen LogP contribution in [0, 0.1) is 0 Å². The van der Waals surface area contributed by atoms with E-state index in [4.69, 9.17) is 27.6 Å². The summed E-state index contributed by atoms with van der Waals surface area (Å²) < 4.78 is 7.76. The molecule has 0 fully saturated rings. The van der Waals surface area contributed by atoms with E-state index in [0.717, 1.165) is 29.0 Å². The summed E-state index contributed by atoms with van der Waals surface area (Å²) in [6.45, 7) is 2.57. The highest BCUT2D eigenvalue weighted by molar-refractivity contribution is 6.31. The highest BCUT2D eigenvalue weighted by Gasteiger charge is 2.13. The molecule has 0 spiro atoms. The van der Waals surface area contributed by atoms with Crippen LogP contribution in [0.15, 0.2) is 28.8 Å². The first-order valence-corrected chi connectivity index (χ1v) is 7.76. The van der Waals surface area contributed by atoms with Gasteiger partial charge in [0.15, 0.2) is 0 Å². The van der Waals surface area contributed by atoms with Gasteiger partial charge in [0, 0.05) is 23.7 Å². The maximum absolute atomic E-state index is 6.10. The molecule has 0 aliphatic rings. The quantitative estimate of drug-likeness (QED) is 0.665. The molecule has 3 aromatic rings. The van der Waals surface area contributed by atoms with Crippen LogP contribution in [0.3, 0.4) is 0 Å². The first kappa shape index (κ1) is 14.4. The lowest BCUT2D eigenvalue weighted by Crippen LogP contribution is -2.06. The summed E-state index contributed by atoms with van der Waals surface area (Å²) in [7, 11) is 0. The fraction of sp³-hybridized carbons (Fsp3) is 0.333. The van der Waals surface area contributed by atoms with E-state index in [1.54, 1.807) is 6.20 Å². The molecule has 0 N–H and O–H groups in total. The fourth-order valence-corrected chi connectivity index (χ4v) is 2.65. The van der Waals surface area contributed by atoms with Crippen LogP contribution in [0.25, 0.3) is 11.0 Å². The second kappa shape index (κ2) is 6.08. The monoisotopic (exact) mass is 323 g/mol. The van der Waals surface area contributed by atoms with E-state index >= 15 is 0 Å². The maximum Gasteiger partial charge on any atom is 0.214 e. The van der Waals surface area contributed by atoms with Crippen LogP contribution >= 0.6 is 23.2 Å². The van der Waals surface area contributed by atoms with Crippen molar-refractivity contribution in [2.24, 2.45) is 0 Å². The van der Waals surface area contributed by atoms with Gasteiger partial charge in [-0.25, -0.2) is 9.97 Å². The summed E-state index contributed by atoms with van der Waals surface area (Å²) in [4.78, 5) is 8.93. The molecule has 0 radical (unpaired) electrons. The van der Waals surface area contributed by atoms with Crippen molar-refractivity contribution >= 4 is 34.2 Å². The van der Waals surface area contributed by atoms with Gasteiger partial charge in [-0.15, -0.1) is 11.6 Å². The Morgan fingerprint density at radius 2 is 2.19 bits per heavy atom. The Bertz CT molecular complexity index is 763. The third kappa shape index (κ3) is 2.92. The van der Waals surface area contributed by atoms with E-state index in [-0.39, 0.29) is 0 Å². The second-order valence-electron chi connectivity index (χ2n) is 4.76. The number of hydrogen-bond acceptors (Lipinski definition) is 3. The molecule has 4 nitrogen and oxygen atoms in total. The minimum Gasteiger partial charge on any atom is -0.444 e. The molecule has 21 heavy (non-hydrogen) atoms. The average Bonchev–Trinajstić information content (AvgIpc) is 3.06. The Morgan fingerprint density at radius 1 is 1.33 bits per heavy atom. The van der Waals surface area contributed by atoms with Crippen LogP contribution in [0.1, 0.15) is 24.4 Å². The van der Waals surface area contributed by atoms with Gasteiger partial charge in [-0.1, -0.05) is 18.5 Å². The molecule has 3 rings (SSSR count). The van der Waals surface area contributed by atoms with Crippen molar-refractivity contribution in [2.45, 2.75) is 26.3 Å². The number of nitrogens with zero attached hydrogens (tertiary/aromatic N) is 3. The normalized spacial score (nSPS) is 11.4. The zero-order chi connectivity index (χ0) is 14.8. The fourth-order valence-electron chi connectivity index (χ4n) is 2.32. The van der Waals surface area contributed by atoms with Crippen LogP contribution in [-0.4, -0.2) is 20.4 Å². The average molecular weight is 324 g/mol. The van der Waals surface area contributed by atoms with Gasteiger partial charge in [0.1, 0.15) is 18.1 Å². The molecule has 2 aromatic heterocycles. The van der Waals surface area contributed by atoms with E-state index in [2.05, 4.69) is 14.5 Å². The maximum atomic E-state index is 6.10. The molecular formula is C15H15Cl2N3O. The number of oxazole rings is 1. The lowest BCUT2D eigenvalue weighted by atomic mass is 10.3. The van der Waals surface area contributed by atoms with Crippen LogP contribution in [0.2, 0.25) is 5.02 Å². The standard InChI is InChI=1S/C15H15Cl2N3O/c1-2-11-8-18-15(21-11)9-20-13-7-10(17)3-4-12(13)19-14(20)5-6-16/h3-4,7-8H,2,5-6,9H2,1H3. The minimum atomic E-state index is 0.517. The molecule has 0 atom stereocenters. The SMILES string of the molecule is CCc1cnc(Cn2c(CCCl)nc3ccc(Cl)cc32)o1. The zero-order valence-electron chi connectivity index (χ0n) is 11.6. The largest absolute Gasteiger partial charge is 0.444 e. The number of hydrogen-bond donors (Lipinski definition) is 0. The molecule has 0 saturated heterocycles. The van der Waals surface area contributed by atoms with Gasteiger partial charge in [0.25, 0.3) is 0 Å². The number of aryl methyl sites for hydroxylation is 2. The van der Waals surface area contributed by atoms with Crippen molar-refractivity contribution in [3.8, 4) is 0 Å². The number of imidazole rings is 1. The van der Waals surface area contributed by atoms with Crippen LogP contribution in [0.5, 0.6) is 0 Å². The summed E-state index contributed by atoms with van der Waals surface area (Å²) in [6, 6.07) is 5.66. The van der Waals surface area contributed by atoms with Gasteiger partial charge >= 0.3 is 0 Å². The summed E-state index contributed by atoms with van der Waals surface area (Å²) in [6.07, 6.45) is 3.29. The summed E-state index contributed by atoms with van der Waals surface area (Å²) >= 11 is 12.0. The third-order valence-corrected chi connectivity index (χ3v) is 3.77. The van der Waals surface area contributed by atoms with Gasteiger partial charge in [-0.05, 0) is 18.2 Å². The Morgan fingerprint density at radius 3 is 2.90 bits per heavy atom. The molecule has 0 aliphatic carbocycles. The van der Waals surface area contributed by atoms with E-state index in [1.807, 2.05) is 25.1 Å². The Labute approximate surface area is 132 Å². The molecule has 2 heterocycles. The Hall–Kier alpha value is -1.52. The van der Waals surface area contributed by atoms with Gasteiger partial charge < -0.3 is 8.98 Å². The number of benzene rings is 1. The van der Waals surface area contributed by atoms with Crippen LogP contribution in [0.4, 0.5) is 0 Å². The van der Waals surface area contributed by atoms with Crippen molar-refractivity contribution < 1.29 is 4.42 Å². The first-order chi connectivity index (χ1) is 10.2. The number of fused-ring (bicyclic) bond motifs is 1. The summed E-state index contributed by atoms with van der Waals surface area (Å²) in [5.41, 5.74) is 1.88. The highest BCUT2D eigenvalue weighted by Crippen LogP contribution is 2.22. The molecule has 6 heteroatoms. The predicted octanol–water partition coefficient (Wildman–Crippen LogP) is 4.07. The van der Waals surface area contributed by atoms with Crippen molar-refractivity contribution in [2.75, 3.05) is 5.88 Å². The summed E-state index contributed by atoms with van der Waals surface area (Å²) in [5.74, 6) is 2.98. The molecule has 0 amide bonds. The van der Waals surface area contributed by atoms with E-state index in [0.29, 0.717) is 29.8 Å². The topological polar surface area (TPSA) is 43.9 Å². The third-order valence-electron chi connectivity index (χ3n) is 3.35. The molecule has 0 aliphatic heterocycles. The van der Waals surface area contributed by atoms with Crippen molar-refractivity contribution in [1.82, 2.24) is 14.5 Å². The van der Waals surface area contributed by atoms with Gasteiger partial charge in [0.05, 0.1) is 17.2 Å². The number of aromatic nitrogens is 3. The molecular weight excluding hydrogens is 309 g/mol. The predicted molar refractivity (Wildman–Crippen MR) is 84.2 cm³/mol. The molecule has 1 aromatic carbocycles. The highest BCUT2D eigenvalue weighted by atomic mass is 35.5. The van der Waals surface area contributed by atoms with Crippen molar-refractivity contribution in [1.29, 1.82) is 0 Å². The lowest BCUT2D eigenvalue weighted by molar-refractivity contribution is 0.445. The number of halogens is 2. The van der Waals surface area contributed by atoms with E-state index in [1.165, 1.54) is 0 Å². The van der Waals surface area contributed by atoms with Crippen LogP contribution < -0.4 is 0 Å². The van der Waals surface area contributed by atoms with Gasteiger partial charge in [-0.2, -0.15) is 0 Å². The Kier molecular flexibility index (Phi) is 4.17. The molecule has 0 unspecified atom stereocenters. The number of alkyl halides is 1. The number of rotatable bonds is 5. The zero-order valence-corrected chi connectivity index (χ0v) is 13.2. The lowest BCUT2D eigenvalue weighted by Gasteiger charge is -2.06. The molecule has 110 valence electrons. The van der Waals surface area contributed by atoms with Gasteiger partial charge in [0.2, 0.25) is 5.89 Å². The van der Waals surface area contributed by atoms with E-state index < -0.39 is 0 Å². The smallest absolute Gasteiger partial charge is 0.214 e. The molecule has 0 bridgehead atoms. The van der Waals surface area contributed by atoms with Crippen molar-refractivity contribution in [3.63, 3.8) is 0 Å². The molecule has 0 saturated carbocycles. The minimum absolute atomic E-state index is 0.517. The van der Waals surface area contributed by atoms with Crippen LogP contribution in [-0.2, 0) is 19.4 Å². The first-order valence-electron chi connectivity index (χ1n) is 6.85.